The second kappa shape index (κ2) is 4.23. The zero-order valence-electron chi connectivity index (χ0n) is 11.0. The molecule has 0 aromatic heterocycles. The number of nitrogens with one attached hydrogen (secondary N) is 1. The molecule has 1 spiro atoms. The Kier molecular flexibility index (Phi) is 2.75. The molecule has 0 aromatic rings. The first-order chi connectivity index (χ1) is 9.45. The van der Waals surface area contributed by atoms with Gasteiger partial charge in [-0.1, -0.05) is 0 Å². The Morgan fingerprint density at radius 1 is 1.65 bits per heavy atom. The number of amides is 1. The third kappa shape index (κ3) is 1.62. The molecule has 3 aliphatic rings. The van der Waals surface area contributed by atoms with Crippen molar-refractivity contribution in [2.45, 2.75) is 31.0 Å². The van der Waals surface area contributed by atoms with Crippen molar-refractivity contribution in [3.63, 3.8) is 0 Å². The summed E-state index contributed by atoms with van der Waals surface area (Å²) in [4.78, 5) is 17.1. The summed E-state index contributed by atoms with van der Waals surface area (Å²) in [5, 5.41) is 19.1. The zero-order chi connectivity index (χ0) is 14.5. The van der Waals surface area contributed by atoms with Gasteiger partial charge in [-0.15, -0.1) is 0 Å². The third-order valence-corrected chi connectivity index (χ3v) is 4.40. The van der Waals surface area contributed by atoms with Gasteiger partial charge in [0.25, 0.3) is 0 Å². The second-order valence-corrected chi connectivity index (χ2v) is 5.41. The van der Waals surface area contributed by atoms with Gasteiger partial charge in [0, 0.05) is 18.9 Å². The average molecular weight is 282 g/mol. The summed E-state index contributed by atoms with van der Waals surface area (Å²) < 4.78 is 4.82. The number of ether oxygens (including phenoxy) is 1. The number of amidine groups is 1. The molecule has 2 saturated heterocycles. The molecule has 9 heteroatoms. The molecule has 3 aliphatic heterocycles. The number of aliphatic imine (C=N–C) groups is 1. The SMILES string of the molecule is N=C1N(O)C(COC(N)=O)[C@@H]2CC(N)=NC23CCCN13. The van der Waals surface area contributed by atoms with Crippen molar-refractivity contribution in [3.05, 3.63) is 0 Å². The molecule has 6 N–H and O–H groups in total. The smallest absolute Gasteiger partial charge is 0.404 e. The average Bonchev–Trinajstić information content (AvgIpc) is 2.93. The number of hydrogen-bond acceptors (Lipinski definition) is 6. The fourth-order valence-corrected chi connectivity index (χ4v) is 3.63. The fourth-order valence-electron chi connectivity index (χ4n) is 3.63. The standard InChI is InChI=1S/C11H18N6O3/c12-8-4-6-7(5-20-10(14)18)17(19)9(13)16-3-1-2-11(6,16)15-8/h6-7,13,19H,1-5H2,(H2,12,15)(H2,14,18)/t6-,7?,11?/m0/s1. The van der Waals surface area contributed by atoms with Crippen LogP contribution in [0.5, 0.6) is 0 Å². The first-order valence-corrected chi connectivity index (χ1v) is 6.56. The number of nitrogens with two attached hydrogens (primary N) is 2. The molecule has 2 fully saturated rings. The Bertz CT molecular complexity index is 495. The summed E-state index contributed by atoms with van der Waals surface area (Å²) in [7, 11) is 0. The summed E-state index contributed by atoms with van der Waals surface area (Å²) in [6, 6.07) is -0.561. The highest BCUT2D eigenvalue weighted by atomic mass is 16.6. The molecular weight excluding hydrogens is 264 g/mol. The lowest BCUT2D eigenvalue weighted by Gasteiger charge is -2.50. The number of carbonyl (C=O) groups excluding carboxylic acids is 1. The van der Waals surface area contributed by atoms with Gasteiger partial charge in [-0.25, -0.2) is 14.9 Å². The Labute approximate surface area is 115 Å². The Hall–Kier alpha value is -2.03. The van der Waals surface area contributed by atoms with Crippen LogP contribution in [0.25, 0.3) is 0 Å². The van der Waals surface area contributed by atoms with E-state index in [4.69, 9.17) is 21.6 Å². The third-order valence-electron chi connectivity index (χ3n) is 4.40. The van der Waals surface area contributed by atoms with Gasteiger partial charge in [0.1, 0.15) is 18.3 Å². The Balaban J connectivity index is 1.93. The van der Waals surface area contributed by atoms with Crippen molar-refractivity contribution in [1.29, 1.82) is 5.41 Å². The van der Waals surface area contributed by atoms with Crippen molar-refractivity contribution in [2.75, 3.05) is 13.2 Å². The highest BCUT2D eigenvalue weighted by Crippen LogP contribution is 2.48. The van der Waals surface area contributed by atoms with E-state index in [9.17, 15) is 10.0 Å². The largest absolute Gasteiger partial charge is 0.447 e. The highest BCUT2D eigenvalue weighted by molar-refractivity contribution is 5.86. The molecule has 2 unspecified atom stereocenters. The quantitative estimate of drug-likeness (QED) is 0.525. The summed E-state index contributed by atoms with van der Waals surface area (Å²) in [5.41, 5.74) is 10.3. The number of rotatable bonds is 2. The number of hydrogen-bond donors (Lipinski definition) is 4. The van der Waals surface area contributed by atoms with Crippen LogP contribution in [0.15, 0.2) is 4.99 Å². The Morgan fingerprint density at radius 2 is 2.40 bits per heavy atom. The minimum Gasteiger partial charge on any atom is -0.447 e. The number of hydroxylamine groups is 2. The zero-order valence-corrected chi connectivity index (χ0v) is 11.0. The lowest BCUT2D eigenvalue weighted by Crippen LogP contribution is -2.66. The number of carbonyl (C=O) groups is 1. The van der Waals surface area contributed by atoms with Crippen LogP contribution >= 0.6 is 0 Å². The van der Waals surface area contributed by atoms with E-state index >= 15 is 0 Å². The van der Waals surface area contributed by atoms with Gasteiger partial charge >= 0.3 is 6.09 Å². The maximum absolute atomic E-state index is 10.8. The van der Waals surface area contributed by atoms with Crippen LogP contribution in [0.1, 0.15) is 19.3 Å². The summed E-state index contributed by atoms with van der Waals surface area (Å²) in [6.07, 6.45) is 1.27. The van der Waals surface area contributed by atoms with E-state index < -0.39 is 17.8 Å². The normalized spacial score (nSPS) is 35.6. The van der Waals surface area contributed by atoms with Crippen LogP contribution in [-0.2, 0) is 4.74 Å². The molecule has 0 saturated carbocycles. The topological polar surface area (TPSA) is 141 Å². The van der Waals surface area contributed by atoms with Gasteiger partial charge in [-0.3, -0.25) is 10.6 Å². The van der Waals surface area contributed by atoms with Gasteiger partial charge in [-0.2, -0.15) is 0 Å². The molecule has 0 bridgehead atoms. The second-order valence-electron chi connectivity index (χ2n) is 5.41. The van der Waals surface area contributed by atoms with Gasteiger partial charge in [0.05, 0.1) is 5.84 Å². The molecule has 3 atom stereocenters. The molecular formula is C11H18N6O3. The Morgan fingerprint density at radius 3 is 3.10 bits per heavy atom. The summed E-state index contributed by atoms with van der Waals surface area (Å²) in [6.45, 7) is 0.573. The van der Waals surface area contributed by atoms with E-state index in [-0.39, 0.29) is 18.5 Å². The molecule has 20 heavy (non-hydrogen) atoms. The maximum atomic E-state index is 10.8. The molecule has 0 radical (unpaired) electrons. The van der Waals surface area contributed by atoms with Crippen LogP contribution in [-0.4, -0.2) is 57.9 Å². The van der Waals surface area contributed by atoms with E-state index in [0.717, 1.165) is 17.9 Å². The van der Waals surface area contributed by atoms with Crippen molar-refractivity contribution in [1.82, 2.24) is 9.96 Å². The minimum atomic E-state index is -0.903. The molecule has 1 amide bonds. The first kappa shape index (κ1) is 13.0. The van der Waals surface area contributed by atoms with Crippen molar-refractivity contribution < 1.29 is 14.7 Å². The van der Waals surface area contributed by atoms with Crippen LogP contribution in [0.4, 0.5) is 4.79 Å². The number of nitrogens with zero attached hydrogens (tertiary/aromatic N) is 3. The lowest BCUT2D eigenvalue weighted by molar-refractivity contribution is -0.140. The summed E-state index contributed by atoms with van der Waals surface area (Å²) in [5.74, 6) is 0.354. The van der Waals surface area contributed by atoms with E-state index in [0.29, 0.717) is 18.8 Å². The van der Waals surface area contributed by atoms with E-state index in [1.54, 1.807) is 4.90 Å². The summed E-state index contributed by atoms with van der Waals surface area (Å²) >= 11 is 0. The van der Waals surface area contributed by atoms with E-state index in [1.807, 2.05) is 0 Å². The number of guanidine groups is 1. The molecule has 3 rings (SSSR count). The first-order valence-electron chi connectivity index (χ1n) is 6.56. The van der Waals surface area contributed by atoms with Gasteiger partial charge in [-0.05, 0) is 12.8 Å². The van der Waals surface area contributed by atoms with Crippen molar-refractivity contribution in [3.8, 4) is 0 Å². The molecule has 110 valence electrons. The van der Waals surface area contributed by atoms with Crippen LogP contribution < -0.4 is 11.5 Å². The van der Waals surface area contributed by atoms with Gasteiger partial charge in [0.15, 0.2) is 0 Å². The predicted octanol–water partition coefficient (Wildman–Crippen LogP) is -0.741. The molecule has 0 aliphatic carbocycles. The molecule has 3 heterocycles. The molecule has 0 aromatic carbocycles. The predicted molar refractivity (Wildman–Crippen MR) is 69.1 cm³/mol. The van der Waals surface area contributed by atoms with Crippen molar-refractivity contribution >= 4 is 17.9 Å². The number of primary amides is 1. The minimum absolute atomic E-state index is 0.0322. The van der Waals surface area contributed by atoms with E-state index in [1.165, 1.54) is 0 Å². The van der Waals surface area contributed by atoms with Gasteiger partial charge < -0.3 is 21.1 Å². The van der Waals surface area contributed by atoms with Crippen LogP contribution in [0.2, 0.25) is 0 Å². The monoisotopic (exact) mass is 282 g/mol. The van der Waals surface area contributed by atoms with Crippen LogP contribution in [0.3, 0.4) is 0 Å². The van der Waals surface area contributed by atoms with Gasteiger partial charge in [0.2, 0.25) is 5.96 Å². The van der Waals surface area contributed by atoms with Crippen LogP contribution in [0, 0.1) is 11.3 Å². The fraction of sp³-hybridized carbons (Fsp3) is 0.727. The van der Waals surface area contributed by atoms with Crippen molar-refractivity contribution in [2.24, 2.45) is 22.4 Å². The molecule has 9 nitrogen and oxygen atoms in total. The lowest BCUT2D eigenvalue weighted by atomic mass is 9.82. The maximum Gasteiger partial charge on any atom is 0.404 e. The van der Waals surface area contributed by atoms with E-state index in [2.05, 4.69) is 4.99 Å². The highest BCUT2D eigenvalue weighted by Gasteiger charge is 2.60.